The standard InChI is InChI=1S/C17H25N3O4/c21-15(16(22)20-11-3-4-12(20)7-18-6-5-11)19-8-13(10-1-2-10)14(9-19)17(23)24/h10-14,18H,1-9H2,(H,23,24)/t11?,12?,13-,14+/m0/s1. The molecule has 4 fully saturated rings. The monoisotopic (exact) mass is 335 g/mol. The Bertz CT molecular complexity index is 548. The van der Waals surface area contributed by atoms with Gasteiger partial charge in [-0.2, -0.15) is 0 Å². The molecule has 3 aliphatic heterocycles. The van der Waals surface area contributed by atoms with E-state index in [0.717, 1.165) is 45.2 Å². The lowest BCUT2D eigenvalue weighted by molar-refractivity contribution is -0.153. The summed E-state index contributed by atoms with van der Waals surface area (Å²) >= 11 is 0. The van der Waals surface area contributed by atoms with Gasteiger partial charge in [-0.25, -0.2) is 0 Å². The molecule has 4 rings (SSSR count). The maximum Gasteiger partial charge on any atom is 0.312 e. The van der Waals surface area contributed by atoms with E-state index in [1.807, 2.05) is 0 Å². The van der Waals surface area contributed by atoms with E-state index in [2.05, 4.69) is 5.32 Å². The zero-order valence-electron chi connectivity index (χ0n) is 13.8. The van der Waals surface area contributed by atoms with Crippen LogP contribution in [-0.2, 0) is 14.4 Å². The van der Waals surface area contributed by atoms with E-state index < -0.39 is 23.7 Å². The highest BCUT2D eigenvalue weighted by Crippen LogP contribution is 2.44. The Morgan fingerprint density at radius 3 is 2.38 bits per heavy atom. The number of rotatable bonds is 2. The molecule has 132 valence electrons. The van der Waals surface area contributed by atoms with E-state index in [4.69, 9.17) is 0 Å². The van der Waals surface area contributed by atoms with Crippen LogP contribution in [0.1, 0.15) is 32.1 Å². The van der Waals surface area contributed by atoms with Gasteiger partial charge in [0.05, 0.1) is 5.92 Å². The maximum absolute atomic E-state index is 12.8. The van der Waals surface area contributed by atoms with Crippen molar-refractivity contribution in [3.63, 3.8) is 0 Å². The average Bonchev–Trinajstić information content (AvgIpc) is 3.21. The minimum Gasteiger partial charge on any atom is -0.481 e. The summed E-state index contributed by atoms with van der Waals surface area (Å²) in [5, 5.41) is 12.8. The molecule has 0 aromatic rings. The molecule has 0 aromatic heterocycles. The van der Waals surface area contributed by atoms with Gasteiger partial charge in [0.25, 0.3) is 0 Å². The van der Waals surface area contributed by atoms with Crippen molar-refractivity contribution in [2.24, 2.45) is 17.8 Å². The molecule has 2 N–H and O–H groups in total. The van der Waals surface area contributed by atoms with Crippen molar-refractivity contribution in [3.8, 4) is 0 Å². The van der Waals surface area contributed by atoms with Gasteiger partial charge >= 0.3 is 17.8 Å². The van der Waals surface area contributed by atoms with Crippen LogP contribution in [0.15, 0.2) is 0 Å². The van der Waals surface area contributed by atoms with E-state index in [1.165, 1.54) is 4.90 Å². The van der Waals surface area contributed by atoms with E-state index in [1.54, 1.807) is 4.90 Å². The molecule has 0 spiro atoms. The van der Waals surface area contributed by atoms with Crippen LogP contribution in [0.2, 0.25) is 0 Å². The van der Waals surface area contributed by atoms with Gasteiger partial charge in [-0.15, -0.1) is 0 Å². The Morgan fingerprint density at radius 1 is 0.917 bits per heavy atom. The molecule has 3 saturated heterocycles. The minimum absolute atomic E-state index is 0.0155. The Morgan fingerprint density at radius 2 is 1.67 bits per heavy atom. The molecule has 2 bridgehead atoms. The first-order valence-corrected chi connectivity index (χ1v) is 9.11. The number of fused-ring (bicyclic) bond motifs is 2. The van der Waals surface area contributed by atoms with Crippen molar-refractivity contribution in [3.05, 3.63) is 0 Å². The summed E-state index contributed by atoms with van der Waals surface area (Å²) in [6.07, 6.45) is 4.89. The number of carbonyl (C=O) groups excluding carboxylic acids is 2. The number of carboxylic acids is 1. The molecule has 24 heavy (non-hydrogen) atoms. The molecule has 0 aromatic carbocycles. The normalized spacial score (nSPS) is 35.8. The molecule has 0 radical (unpaired) electrons. The Labute approximate surface area is 141 Å². The Balaban J connectivity index is 1.47. The second-order valence-corrected chi connectivity index (χ2v) is 7.75. The highest BCUT2D eigenvalue weighted by molar-refractivity contribution is 6.35. The fourth-order valence-corrected chi connectivity index (χ4v) is 4.82. The first kappa shape index (κ1) is 15.9. The fraction of sp³-hybridized carbons (Fsp3) is 0.824. The second kappa shape index (κ2) is 6.02. The fourth-order valence-electron chi connectivity index (χ4n) is 4.82. The summed E-state index contributed by atoms with van der Waals surface area (Å²) in [5.74, 6) is -1.85. The maximum atomic E-state index is 12.8. The van der Waals surface area contributed by atoms with Crippen molar-refractivity contribution in [2.45, 2.75) is 44.2 Å². The van der Waals surface area contributed by atoms with Crippen molar-refractivity contribution in [1.82, 2.24) is 15.1 Å². The molecule has 2 amide bonds. The Kier molecular flexibility index (Phi) is 3.98. The van der Waals surface area contributed by atoms with Gasteiger partial charge in [-0.1, -0.05) is 0 Å². The Hall–Kier alpha value is -1.63. The predicted octanol–water partition coefficient (Wildman–Crippen LogP) is -0.0915. The number of carbonyl (C=O) groups is 3. The van der Waals surface area contributed by atoms with E-state index >= 15 is 0 Å². The number of aliphatic carboxylic acids is 1. The van der Waals surface area contributed by atoms with Crippen LogP contribution >= 0.6 is 0 Å². The molecule has 3 heterocycles. The summed E-state index contributed by atoms with van der Waals surface area (Å²) < 4.78 is 0. The summed E-state index contributed by atoms with van der Waals surface area (Å²) in [6, 6.07) is 0.254. The van der Waals surface area contributed by atoms with E-state index in [9.17, 15) is 19.5 Å². The van der Waals surface area contributed by atoms with Gasteiger partial charge in [-0.05, 0) is 50.5 Å². The number of amides is 2. The SMILES string of the molecule is O=C(O)[C@@H]1CN(C(=O)C(=O)N2C3CCNCC2CC3)C[C@H]1C1CC1. The summed E-state index contributed by atoms with van der Waals surface area (Å²) in [5.41, 5.74) is 0. The number of carboxylic acid groups (broad SMARTS) is 1. The van der Waals surface area contributed by atoms with Gasteiger partial charge in [0.1, 0.15) is 0 Å². The number of likely N-dealkylation sites (tertiary alicyclic amines) is 1. The van der Waals surface area contributed by atoms with Crippen LogP contribution in [0.25, 0.3) is 0 Å². The summed E-state index contributed by atoms with van der Waals surface area (Å²) in [6.45, 7) is 2.24. The third kappa shape index (κ3) is 2.68. The lowest BCUT2D eigenvalue weighted by Gasteiger charge is -2.29. The van der Waals surface area contributed by atoms with Gasteiger partial charge in [-0.3, -0.25) is 14.4 Å². The molecular formula is C17H25N3O4. The van der Waals surface area contributed by atoms with Gasteiger partial charge < -0.3 is 20.2 Å². The summed E-state index contributed by atoms with van der Waals surface area (Å²) in [7, 11) is 0. The second-order valence-electron chi connectivity index (χ2n) is 7.75. The van der Waals surface area contributed by atoms with E-state index in [-0.39, 0.29) is 24.5 Å². The number of hydrogen-bond acceptors (Lipinski definition) is 4. The van der Waals surface area contributed by atoms with E-state index in [0.29, 0.717) is 12.5 Å². The smallest absolute Gasteiger partial charge is 0.312 e. The third-order valence-electron chi connectivity index (χ3n) is 6.27. The van der Waals surface area contributed by atoms with Crippen LogP contribution < -0.4 is 5.32 Å². The van der Waals surface area contributed by atoms with Crippen molar-refractivity contribution < 1.29 is 19.5 Å². The number of nitrogens with one attached hydrogen (secondary N) is 1. The van der Waals surface area contributed by atoms with Crippen molar-refractivity contribution in [1.29, 1.82) is 0 Å². The molecule has 2 unspecified atom stereocenters. The molecule has 7 nitrogen and oxygen atoms in total. The molecule has 1 saturated carbocycles. The first-order chi connectivity index (χ1) is 11.6. The van der Waals surface area contributed by atoms with Crippen LogP contribution in [0.3, 0.4) is 0 Å². The van der Waals surface area contributed by atoms with Crippen LogP contribution in [0.5, 0.6) is 0 Å². The van der Waals surface area contributed by atoms with Gasteiger partial charge in [0.2, 0.25) is 0 Å². The predicted molar refractivity (Wildman–Crippen MR) is 85.1 cm³/mol. The van der Waals surface area contributed by atoms with Crippen molar-refractivity contribution >= 4 is 17.8 Å². The molecule has 4 atom stereocenters. The quantitative estimate of drug-likeness (QED) is 0.688. The van der Waals surface area contributed by atoms with Gasteiger partial charge in [0.15, 0.2) is 0 Å². The minimum atomic E-state index is -0.839. The number of nitrogens with zero attached hydrogens (tertiary/aromatic N) is 2. The molecular weight excluding hydrogens is 310 g/mol. The average molecular weight is 335 g/mol. The third-order valence-corrected chi connectivity index (χ3v) is 6.27. The molecule has 1 aliphatic carbocycles. The van der Waals surface area contributed by atoms with Crippen LogP contribution in [-0.4, -0.2) is 71.0 Å². The highest BCUT2D eigenvalue weighted by Gasteiger charge is 2.49. The largest absolute Gasteiger partial charge is 0.481 e. The van der Waals surface area contributed by atoms with Crippen molar-refractivity contribution in [2.75, 3.05) is 26.2 Å². The van der Waals surface area contributed by atoms with Crippen LogP contribution in [0, 0.1) is 17.8 Å². The topological polar surface area (TPSA) is 90.0 Å². The molecule has 7 heteroatoms. The lowest BCUT2D eigenvalue weighted by Crippen LogP contribution is -2.50. The summed E-state index contributed by atoms with van der Waals surface area (Å²) in [4.78, 5) is 40.4. The zero-order chi connectivity index (χ0) is 16.8. The lowest BCUT2D eigenvalue weighted by atomic mass is 9.92. The van der Waals surface area contributed by atoms with Crippen LogP contribution in [0.4, 0.5) is 0 Å². The van der Waals surface area contributed by atoms with Gasteiger partial charge in [0, 0.05) is 31.7 Å². The highest BCUT2D eigenvalue weighted by atomic mass is 16.4. The zero-order valence-corrected chi connectivity index (χ0v) is 13.8. The molecule has 4 aliphatic rings. The number of hydrogen-bond donors (Lipinski definition) is 2. The first-order valence-electron chi connectivity index (χ1n) is 9.11.